The molecule has 2 saturated carbocycles. The van der Waals surface area contributed by atoms with E-state index in [-0.39, 0.29) is 5.54 Å². The van der Waals surface area contributed by atoms with Crippen molar-refractivity contribution in [1.29, 1.82) is 0 Å². The highest BCUT2D eigenvalue weighted by molar-refractivity contribution is 4.93. The maximum Gasteiger partial charge on any atom is 0.0285 e. The predicted octanol–water partition coefficient (Wildman–Crippen LogP) is 3.02. The second kappa shape index (κ2) is 5.71. The summed E-state index contributed by atoms with van der Waals surface area (Å²) >= 11 is 0. The molecule has 2 nitrogen and oxygen atoms in total. The Balaban J connectivity index is 1.85. The fraction of sp³-hybridized carbons (Fsp3) is 1.00. The Kier molecular flexibility index (Phi) is 4.48. The summed E-state index contributed by atoms with van der Waals surface area (Å²) < 4.78 is 0. The molecule has 2 rings (SSSR count). The van der Waals surface area contributed by atoms with Gasteiger partial charge in [-0.25, -0.2) is 0 Å². The molecule has 2 unspecified atom stereocenters. The van der Waals surface area contributed by atoms with E-state index in [4.69, 9.17) is 5.73 Å². The molecule has 2 atom stereocenters. The van der Waals surface area contributed by atoms with Gasteiger partial charge in [0, 0.05) is 18.6 Å². The van der Waals surface area contributed by atoms with E-state index in [9.17, 15) is 0 Å². The fourth-order valence-corrected chi connectivity index (χ4v) is 3.51. The topological polar surface area (TPSA) is 29.3 Å². The lowest BCUT2D eigenvalue weighted by Crippen LogP contribution is -2.53. The molecular formula is C15H30N2. The number of rotatable bonds is 6. The minimum atomic E-state index is 0.113. The average Bonchev–Trinajstić information content (AvgIpc) is 3.00. The zero-order chi connectivity index (χ0) is 12.3. The van der Waals surface area contributed by atoms with Gasteiger partial charge in [0.25, 0.3) is 0 Å². The van der Waals surface area contributed by atoms with E-state index < -0.39 is 0 Å². The predicted molar refractivity (Wildman–Crippen MR) is 74.0 cm³/mol. The Morgan fingerprint density at radius 1 is 1.29 bits per heavy atom. The zero-order valence-corrected chi connectivity index (χ0v) is 11.8. The second-order valence-corrected chi connectivity index (χ2v) is 6.74. The standard InChI is InChI=1S/C15H30N2/c1-3-9-17(11-14-6-7-14)12-15(16)8-4-5-13(2)10-15/h13-14H,3-12,16H2,1-2H3. The van der Waals surface area contributed by atoms with Gasteiger partial charge < -0.3 is 10.6 Å². The Labute approximate surface area is 107 Å². The van der Waals surface area contributed by atoms with Crippen molar-refractivity contribution in [3.63, 3.8) is 0 Å². The molecule has 2 N–H and O–H groups in total. The lowest BCUT2D eigenvalue weighted by Gasteiger charge is -2.40. The normalized spacial score (nSPS) is 34.2. The first kappa shape index (κ1) is 13.4. The van der Waals surface area contributed by atoms with Crippen LogP contribution in [0.2, 0.25) is 0 Å². The van der Waals surface area contributed by atoms with Crippen molar-refractivity contribution in [1.82, 2.24) is 4.90 Å². The summed E-state index contributed by atoms with van der Waals surface area (Å²) in [6, 6.07) is 0. The summed E-state index contributed by atoms with van der Waals surface area (Å²) in [4.78, 5) is 2.65. The molecule has 0 aliphatic heterocycles. The Morgan fingerprint density at radius 2 is 2.06 bits per heavy atom. The van der Waals surface area contributed by atoms with Crippen LogP contribution in [0.25, 0.3) is 0 Å². The van der Waals surface area contributed by atoms with Crippen LogP contribution in [0.3, 0.4) is 0 Å². The first-order valence-electron chi connectivity index (χ1n) is 7.62. The van der Waals surface area contributed by atoms with Crippen molar-refractivity contribution >= 4 is 0 Å². The minimum absolute atomic E-state index is 0.113. The zero-order valence-electron chi connectivity index (χ0n) is 11.8. The van der Waals surface area contributed by atoms with Gasteiger partial charge in [-0.2, -0.15) is 0 Å². The van der Waals surface area contributed by atoms with Crippen molar-refractivity contribution in [2.45, 2.75) is 64.3 Å². The van der Waals surface area contributed by atoms with E-state index in [0.29, 0.717) is 0 Å². The third-order valence-corrected chi connectivity index (χ3v) is 4.42. The van der Waals surface area contributed by atoms with Gasteiger partial charge in [-0.3, -0.25) is 0 Å². The molecule has 100 valence electrons. The summed E-state index contributed by atoms with van der Waals surface area (Å²) in [5, 5.41) is 0. The molecule has 0 heterocycles. The molecule has 0 saturated heterocycles. The van der Waals surface area contributed by atoms with Crippen LogP contribution in [0.5, 0.6) is 0 Å². The van der Waals surface area contributed by atoms with Crippen molar-refractivity contribution in [2.75, 3.05) is 19.6 Å². The molecule has 0 amide bonds. The number of nitrogens with two attached hydrogens (primary N) is 1. The first-order chi connectivity index (χ1) is 8.11. The molecule has 2 aliphatic rings. The van der Waals surface area contributed by atoms with E-state index >= 15 is 0 Å². The summed E-state index contributed by atoms with van der Waals surface area (Å²) in [5.74, 6) is 1.82. The van der Waals surface area contributed by atoms with Gasteiger partial charge in [-0.1, -0.05) is 26.7 Å². The van der Waals surface area contributed by atoms with E-state index in [1.807, 2.05) is 0 Å². The van der Waals surface area contributed by atoms with Gasteiger partial charge in [-0.05, 0) is 50.5 Å². The summed E-state index contributed by atoms with van der Waals surface area (Å²) in [6.45, 7) is 8.34. The van der Waals surface area contributed by atoms with E-state index in [1.54, 1.807) is 0 Å². The lowest BCUT2D eigenvalue weighted by molar-refractivity contribution is 0.146. The SMILES string of the molecule is CCCN(CC1CC1)CC1(N)CCCC(C)C1. The van der Waals surface area contributed by atoms with Crippen LogP contribution >= 0.6 is 0 Å². The third-order valence-electron chi connectivity index (χ3n) is 4.42. The molecule has 0 spiro atoms. The van der Waals surface area contributed by atoms with Crippen LogP contribution in [0.1, 0.15) is 58.8 Å². The van der Waals surface area contributed by atoms with Crippen LogP contribution in [0, 0.1) is 11.8 Å². The Bertz CT molecular complexity index is 237. The monoisotopic (exact) mass is 238 g/mol. The Hall–Kier alpha value is -0.0800. The summed E-state index contributed by atoms with van der Waals surface area (Å²) in [5.41, 5.74) is 6.75. The molecule has 0 bridgehead atoms. The number of hydrogen-bond acceptors (Lipinski definition) is 2. The van der Waals surface area contributed by atoms with Crippen molar-refractivity contribution in [3.8, 4) is 0 Å². The van der Waals surface area contributed by atoms with E-state index in [2.05, 4.69) is 18.7 Å². The van der Waals surface area contributed by atoms with Crippen molar-refractivity contribution in [2.24, 2.45) is 17.6 Å². The Morgan fingerprint density at radius 3 is 2.65 bits per heavy atom. The van der Waals surface area contributed by atoms with Gasteiger partial charge in [0.1, 0.15) is 0 Å². The second-order valence-electron chi connectivity index (χ2n) is 6.74. The molecular weight excluding hydrogens is 208 g/mol. The van der Waals surface area contributed by atoms with E-state index in [0.717, 1.165) is 18.4 Å². The van der Waals surface area contributed by atoms with Crippen molar-refractivity contribution < 1.29 is 0 Å². The lowest BCUT2D eigenvalue weighted by atomic mass is 9.76. The largest absolute Gasteiger partial charge is 0.324 e. The van der Waals surface area contributed by atoms with Crippen LogP contribution in [0.4, 0.5) is 0 Å². The molecule has 2 aliphatic carbocycles. The molecule has 2 fully saturated rings. The van der Waals surface area contributed by atoms with E-state index in [1.165, 1.54) is 58.0 Å². The quantitative estimate of drug-likeness (QED) is 0.771. The fourth-order valence-electron chi connectivity index (χ4n) is 3.51. The molecule has 2 heteroatoms. The number of hydrogen-bond donors (Lipinski definition) is 1. The smallest absolute Gasteiger partial charge is 0.0285 e. The van der Waals surface area contributed by atoms with Gasteiger partial charge >= 0.3 is 0 Å². The van der Waals surface area contributed by atoms with Gasteiger partial charge in [0.15, 0.2) is 0 Å². The third kappa shape index (κ3) is 4.26. The van der Waals surface area contributed by atoms with Gasteiger partial charge in [-0.15, -0.1) is 0 Å². The van der Waals surface area contributed by atoms with Gasteiger partial charge in [0.2, 0.25) is 0 Å². The van der Waals surface area contributed by atoms with Crippen LogP contribution < -0.4 is 5.73 Å². The average molecular weight is 238 g/mol. The molecule has 0 aromatic carbocycles. The van der Waals surface area contributed by atoms with Crippen LogP contribution in [0.15, 0.2) is 0 Å². The van der Waals surface area contributed by atoms with Crippen LogP contribution in [-0.2, 0) is 0 Å². The summed E-state index contributed by atoms with van der Waals surface area (Å²) in [6.07, 6.45) is 9.36. The highest BCUT2D eigenvalue weighted by Crippen LogP contribution is 2.33. The summed E-state index contributed by atoms with van der Waals surface area (Å²) in [7, 11) is 0. The maximum absolute atomic E-state index is 6.64. The molecule has 17 heavy (non-hydrogen) atoms. The minimum Gasteiger partial charge on any atom is -0.324 e. The van der Waals surface area contributed by atoms with Crippen LogP contribution in [-0.4, -0.2) is 30.1 Å². The van der Waals surface area contributed by atoms with Crippen molar-refractivity contribution in [3.05, 3.63) is 0 Å². The molecule has 0 radical (unpaired) electrons. The number of nitrogens with zero attached hydrogens (tertiary/aromatic N) is 1. The first-order valence-corrected chi connectivity index (χ1v) is 7.62. The highest BCUT2D eigenvalue weighted by Gasteiger charge is 2.34. The van der Waals surface area contributed by atoms with Gasteiger partial charge in [0.05, 0.1) is 0 Å². The maximum atomic E-state index is 6.64. The molecule has 0 aromatic rings. The highest BCUT2D eigenvalue weighted by atomic mass is 15.1. The molecule has 0 aromatic heterocycles.